The number of hydrogen-bond acceptors (Lipinski definition) is 2. The molecule has 0 fully saturated rings. The number of halogens is 3. The fourth-order valence-electron chi connectivity index (χ4n) is 2.34. The van der Waals surface area contributed by atoms with Gasteiger partial charge in [-0.1, -0.05) is 29.8 Å². The number of fused-ring (bicyclic) bond motifs is 1. The fourth-order valence-corrected chi connectivity index (χ4v) is 4.03. The van der Waals surface area contributed by atoms with Crippen molar-refractivity contribution < 1.29 is 4.39 Å². The van der Waals surface area contributed by atoms with Gasteiger partial charge in [-0.05, 0) is 46.1 Å². The van der Waals surface area contributed by atoms with Crippen LogP contribution in [-0.4, -0.2) is 5.75 Å². The first kappa shape index (κ1) is 14.2. The summed E-state index contributed by atoms with van der Waals surface area (Å²) in [7, 11) is 0. The highest BCUT2D eigenvalue weighted by Gasteiger charge is 2.23. The molecule has 1 aliphatic rings. The van der Waals surface area contributed by atoms with Crippen molar-refractivity contribution in [3.05, 3.63) is 57.3 Å². The molecule has 2 aromatic carbocycles. The van der Waals surface area contributed by atoms with Gasteiger partial charge in [0, 0.05) is 10.6 Å². The van der Waals surface area contributed by atoms with Crippen LogP contribution in [0.4, 0.5) is 10.1 Å². The van der Waals surface area contributed by atoms with Crippen LogP contribution < -0.4 is 5.32 Å². The van der Waals surface area contributed by atoms with Crippen LogP contribution in [0.2, 0.25) is 5.02 Å². The summed E-state index contributed by atoms with van der Waals surface area (Å²) >= 11 is 11.2. The van der Waals surface area contributed by atoms with Crippen molar-refractivity contribution in [2.75, 3.05) is 11.1 Å². The molecule has 3 rings (SSSR count). The minimum atomic E-state index is -0.135. The van der Waals surface area contributed by atoms with Gasteiger partial charge in [0.15, 0.2) is 0 Å². The lowest BCUT2D eigenvalue weighted by Crippen LogP contribution is -2.17. The Bertz CT molecular complexity index is 650. The molecular weight excluding hydrogens is 361 g/mol. The van der Waals surface area contributed by atoms with E-state index >= 15 is 0 Å². The first-order valence-electron chi connectivity index (χ1n) is 6.28. The van der Waals surface area contributed by atoms with E-state index in [1.54, 1.807) is 17.8 Å². The summed E-state index contributed by atoms with van der Waals surface area (Å²) in [6, 6.07) is 11.1. The second-order valence-corrected chi connectivity index (χ2v) is 6.90. The molecule has 0 amide bonds. The van der Waals surface area contributed by atoms with Gasteiger partial charge in [0.2, 0.25) is 0 Å². The van der Waals surface area contributed by atoms with E-state index in [2.05, 4.69) is 21.2 Å². The normalized spacial score (nSPS) is 17.6. The van der Waals surface area contributed by atoms with E-state index < -0.39 is 0 Å². The van der Waals surface area contributed by atoms with E-state index in [1.165, 1.54) is 6.07 Å². The number of hydrogen-bond donors (Lipinski definition) is 1. The molecule has 104 valence electrons. The maximum absolute atomic E-state index is 13.8. The summed E-state index contributed by atoms with van der Waals surface area (Å²) in [6.45, 7) is 0. The van der Waals surface area contributed by atoms with Crippen molar-refractivity contribution in [3.8, 4) is 0 Å². The highest BCUT2D eigenvalue weighted by Crippen LogP contribution is 2.41. The Balaban J connectivity index is 1.94. The van der Waals surface area contributed by atoms with Gasteiger partial charge in [0.05, 0.1) is 21.2 Å². The molecule has 20 heavy (non-hydrogen) atoms. The van der Waals surface area contributed by atoms with Crippen molar-refractivity contribution in [2.24, 2.45) is 0 Å². The van der Waals surface area contributed by atoms with E-state index in [0.717, 1.165) is 32.8 Å². The average molecular weight is 373 g/mol. The third kappa shape index (κ3) is 2.69. The fraction of sp³-hybridized carbons (Fsp3) is 0.200. The molecule has 1 heterocycles. The molecule has 1 unspecified atom stereocenters. The van der Waals surface area contributed by atoms with Gasteiger partial charge in [0.25, 0.3) is 0 Å². The largest absolute Gasteiger partial charge is 0.377 e. The van der Waals surface area contributed by atoms with Gasteiger partial charge in [-0.3, -0.25) is 0 Å². The van der Waals surface area contributed by atoms with Crippen LogP contribution in [0.1, 0.15) is 18.0 Å². The minimum Gasteiger partial charge on any atom is -0.377 e. The van der Waals surface area contributed by atoms with Crippen LogP contribution in [0.5, 0.6) is 0 Å². The molecule has 0 radical (unpaired) electrons. The maximum atomic E-state index is 13.8. The predicted octanol–water partition coefficient (Wildman–Crippen LogP) is 5.89. The Morgan fingerprint density at radius 3 is 2.90 bits per heavy atom. The lowest BCUT2D eigenvalue weighted by atomic mass is 10.0. The minimum absolute atomic E-state index is 0.108. The Labute approximate surface area is 135 Å². The zero-order valence-electron chi connectivity index (χ0n) is 10.5. The number of nitrogens with one attached hydrogen (secondary N) is 1. The molecule has 0 aliphatic carbocycles. The van der Waals surface area contributed by atoms with Crippen LogP contribution in [0.3, 0.4) is 0 Å². The second-order valence-electron chi connectivity index (χ2n) is 4.59. The summed E-state index contributed by atoms with van der Waals surface area (Å²) in [4.78, 5) is 0.759. The number of rotatable bonds is 2. The van der Waals surface area contributed by atoms with Gasteiger partial charge in [-0.15, -0.1) is 11.8 Å². The van der Waals surface area contributed by atoms with Gasteiger partial charge < -0.3 is 5.32 Å². The molecular formula is C15H12BrClFNS. The highest BCUT2D eigenvalue weighted by atomic mass is 79.9. The van der Waals surface area contributed by atoms with Crippen LogP contribution in [0, 0.1) is 5.82 Å². The molecule has 0 bridgehead atoms. The third-order valence-electron chi connectivity index (χ3n) is 3.31. The van der Waals surface area contributed by atoms with Crippen molar-refractivity contribution in [1.29, 1.82) is 0 Å². The van der Waals surface area contributed by atoms with Crippen molar-refractivity contribution in [2.45, 2.75) is 17.4 Å². The third-order valence-corrected chi connectivity index (χ3v) is 5.86. The van der Waals surface area contributed by atoms with Gasteiger partial charge in [-0.2, -0.15) is 0 Å². The first-order valence-corrected chi connectivity index (χ1v) is 8.44. The van der Waals surface area contributed by atoms with Crippen LogP contribution >= 0.6 is 39.3 Å². The predicted molar refractivity (Wildman–Crippen MR) is 87.3 cm³/mol. The molecule has 1 aliphatic heterocycles. The van der Waals surface area contributed by atoms with Gasteiger partial charge in [0.1, 0.15) is 5.82 Å². The smallest absolute Gasteiger partial charge is 0.137 e. The Kier molecular flexibility index (Phi) is 4.24. The summed E-state index contributed by atoms with van der Waals surface area (Å²) in [5.74, 6) is 0.771. The Morgan fingerprint density at radius 2 is 2.05 bits per heavy atom. The van der Waals surface area contributed by atoms with E-state index in [9.17, 15) is 4.39 Å². The van der Waals surface area contributed by atoms with E-state index in [-0.39, 0.29) is 11.9 Å². The van der Waals surface area contributed by atoms with Crippen LogP contribution in [0.25, 0.3) is 0 Å². The van der Waals surface area contributed by atoms with Gasteiger partial charge in [-0.25, -0.2) is 4.39 Å². The summed E-state index contributed by atoms with van der Waals surface area (Å²) in [5, 5.41) is 4.13. The molecule has 5 heteroatoms. The van der Waals surface area contributed by atoms with Gasteiger partial charge >= 0.3 is 0 Å². The molecule has 0 spiro atoms. The maximum Gasteiger partial charge on any atom is 0.137 e. The number of benzene rings is 2. The zero-order chi connectivity index (χ0) is 14.1. The topological polar surface area (TPSA) is 12.0 Å². The lowest BCUT2D eigenvalue weighted by molar-refractivity contribution is 0.585. The average Bonchev–Trinajstić information content (AvgIpc) is 2.45. The molecule has 0 aromatic heterocycles. The number of anilines is 1. The van der Waals surface area contributed by atoms with Crippen molar-refractivity contribution in [1.82, 2.24) is 0 Å². The van der Waals surface area contributed by atoms with E-state index in [4.69, 9.17) is 11.6 Å². The SMILES string of the molecule is Fc1cccc2c1SCCC2Nc1cccc(Cl)c1Br. The summed E-state index contributed by atoms with van der Waals surface area (Å²) < 4.78 is 14.7. The van der Waals surface area contributed by atoms with Crippen molar-refractivity contribution in [3.63, 3.8) is 0 Å². The standard InChI is InChI=1S/C15H12BrClFNS/c16-14-10(17)4-2-6-13(14)19-12-7-8-20-15-9(12)3-1-5-11(15)18/h1-6,12,19H,7-8H2. The highest BCUT2D eigenvalue weighted by molar-refractivity contribution is 9.10. The molecule has 1 N–H and O–H groups in total. The number of thioether (sulfide) groups is 1. The molecule has 0 saturated heterocycles. The van der Waals surface area contributed by atoms with Crippen molar-refractivity contribution >= 4 is 45.0 Å². The van der Waals surface area contributed by atoms with Crippen LogP contribution in [0.15, 0.2) is 45.8 Å². The Hall–Kier alpha value is -0.710. The van der Waals surface area contributed by atoms with E-state index in [1.807, 2.05) is 24.3 Å². The molecule has 0 saturated carbocycles. The quantitative estimate of drug-likeness (QED) is 0.705. The zero-order valence-corrected chi connectivity index (χ0v) is 13.7. The monoisotopic (exact) mass is 371 g/mol. The van der Waals surface area contributed by atoms with Crippen LogP contribution in [-0.2, 0) is 0 Å². The summed E-state index contributed by atoms with van der Waals surface area (Å²) in [6.07, 6.45) is 0.958. The van der Waals surface area contributed by atoms with E-state index in [0.29, 0.717) is 5.02 Å². The molecule has 1 atom stereocenters. The molecule has 1 nitrogen and oxygen atoms in total. The molecule has 2 aromatic rings. The Morgan fingerprint density at radius 1 is 1.25 bits per heavy atom. The summed E-state index contributed by atoms with van der Waals surface area (Å²) in [5.41, 5.74) is 1.96. The lowest BCUT2D eigenvalue weighted by Gasteiger charge is -2.27. The second kappa shape index (κ2) is 5.96. The first-order chi connectivity index (χ1) is 9.66.